The van der Waals surface area contributed by atoms with Gasteiger partial charge in [-0.3, -0.25) is 4.99 Å². The Hall–Kier alpha value is -4.09. The lowest BCUT2D eigenvalue weighted by Crippen LogP contribution is -2.10. The van der Waals surface area contributed by atoms with E-state index < -0.39 is 30.7 Å². The van der Waals surface area contributed by atoms with Crippen LogP contribution < -0.4 is 4.74 Å². The van der Waals surface area contributed by atoms with E-state index in [4.69, 9.17) is 9.47 Å². The van der Waals surface area contributed by atoms with Gasteiger partial charge in [0.15, 0.2) is 11.5 Å². The molecule has 7 nitrogen and oxygen atoms in total. The molecule has 4 rings (SSSR count). The monoisotopic (exact) mass is 561 g/mol. The second-order valence-electron chi connectivity index (χ2n) is 9.34. The molecule has 2 aromatic heterocycles. The molecule has 3 aromatic rings. The minimum absolute atomic E-state index is 0.0403. The molecule has 1 atom stereocenters. The van der Waals surface area contributed by atoms with Crippen molar-refractivity contribution >= 4 is 11.8 Å². The number of hydrogen-bond acceptors (Lipinski definition) is 6. The van der Waals surface area contributed by atoms with Crippen LogP contribution in [0.1, 0.15) is 55.4 Å². The molecule has 0 unspecified atom stereocenters. The maximum absolute atomic E-state index is 15.1. The molecule has 40 heavy (non-hydrogen) atoms. The first-order valence-corrected chi connectivity index (χ1v) is 12.5. The van der Waals surface area contributed by atoms with Crippen LogP contribution in [-0.4, -0.2) is 32.6 Å². The van der Waals surface area contributed by atoms with Crippen LogP contribution in [0.5, 0.6) is 5.88 Å². The number of aryl methyl sites for hydroxylation is 2. The second-order valence-corrected chi connectivity index (χ2v) is 9.34. The number of benzene rings is 1. The van der Waals surface area contributed by atoms with Gasteiger partial charge in [0, 0.05) is 37.1 Å². The van der Waals surface area contributed by atoms with Gasteiger partial charge >= 0.3 is 6.18 Å². The fourth-order valence-electron chi connectivity index (χ4n) is 4.11. The highest BCUT2D eigenvalue weighted by Crippen LogP contribution is 2.42. The lowest BCUT2D eigenvalue weighted by atomic mass is 10.1. The summed E-state index contributed by atoms with van der Waals surface area (Å²) in [4.78, 5) is 16.9. The molecule has 1 aliphatic rings. The number of rotatable bonds is 10. The maximum Gasteiger partial charge on any atom is 0.434 e. The van der Waals surface area contributed by atoms with Crippen molar-refractivity contribution in [2.45, 2.75) is 45.9 Å². The van der Waals surface area contributed by atoms with E-state index in [2.05, 4.69) is 26.5 Å². The van der Waals surface area contributed by atoms with Gasteiger partial charge in [-0.05, 0) is 51.3 Å². The molecule has 1 saturated carbocycles. The topological polar surface area (TPSA) is 74.4 Å². The van der Waals surface area contributed by atoms with Crippen molar-refractivity contribution in [2.24, 2.45) is 18.0 Å². The van der Waals surface area contributed by atoms with Gasteiger partial charge in [0.05, 0.1) is 16.8 Å². The molecule has 1 aromatic carbocycles. The molecule has 0 bridgehead atoms. The Kier molecular flexibility index (Phi) is 8.36. The standard InChI is InChI=1S/C28H28F5N5O2/c1-6-34-24(18-7-8-18)23(17(4)39-14-29)25-35-12-15(2)27(37-25)40-16(3)19-9-10-20(21(30)11-19)26-36-22(13-38(26)5)28(31,32)33/h6,9-13,16,18H,4,7-8,14H2,1-3,5H3/b24-23+,34-6?/t16-/m0/s1. The van der Waals surface area contributed by atoms with Crippen LogP contribution in [0.15, 0.2) is 53.6 Å². The summed E-state index contributed by atoms with van der Waals surface area (Å²) in [6.07, 6.45) is 0.426. The van der Waals surface area contributed by atoms with Gasteiger partial charge in [-0.15, -0.1) is 0 Å². The van der Waals surface area contributed by atoms with Crippen LogP contribution in [0.4, 0.5) is 22.0 Å². The number of aliphatic imine (C=N–C) groups is 1. The van der Waals surface area contributed by atoms with Crippen LogP contribution in [0.25, 0.3) is 17.0 Å². The van der Waals surface area contributed by atoms with Crippen LogP contribution in [-0.2, 0) is 18.0 Å². The number of ether oxygens (including phenoxy) is 2. The number of hydrogen-bond donors (Lipinski definition) is 0. The first-order chi connectivity index (χ1) is 18.9. The predicted octanol–water partition coefficient (Wildman–Crippen LogP) is 7.15. The number of halogens is 5. The van der Waals surface area contributed by atoms with Crippen molar-refractivity contribution < 1.29 is 31.4 Å². The summed E-state index contributed by atoms with van der Waals surface area (Å²) in [7, 11) is 1.36. The Morgan fingerprint density at radius 1 is 1.27 bits per heavy atom. The maximum atomic E-state index is 15.1. The van der Waals surface area contributed by atoms with E-state index in [-0.39, 0.29) is 34.8 Å². The molecule has 0 amide bonds. The molecule has 1 fully saturated rings. The fourth-order valence-corrected chi connectivity index (χ4v) is 4.11. The summed E-state index contributed by atoms with van der Waals surface area (Å²) in [6.45, 7) is 7.92. The van der Waals surface area contributed by atoms with Crippen LogP contribution >= 0.6 is 0 Å². The summed E-state index contributed by atoms with van der Waals surface area (Å²) in [5.74, 6) is -0.341. The Morgan fingerprint density at radius 3 is 2.58 bits per heavy atom. The van der Waals surface area contributed by atoms with Gasteiger partial charge in [-0.2, -0.15) is 18.2 Å². The number of alkyl halides is 4. The highest BCUT2D eigenvalue weighted by molar-refractivity contribution is 5.77. The molecule has 0 radical (unpaired) electrons. The molecule has 212 valence electrons. The highest BCUT2D eigenvalue weighted by Gasteiger charge is 2.35. The first-order valence-electron chi connectivity index (χ1n) is 12.5. The Bertz CT molecular complexity index is 1470. The summed E-state index contributed by atoms with van der Waals surface area (Å²) in [6, 6.07) is 4.09. The van der Waals surface area contributed by atoms with Crippen molar-refractivity contribution in [1.82, 2.24) is 19.5 Å². The lowest BCUT2D eigenvalue weighted by Gasteiger charge is -2.18. The molecule has 0 N–H and O–H groups in total. The normalized spacial score (nSPS) is 15.2. The van der Waals surface area contributed by atoms with Crippen molar-refractivity contribution in [2.75, 3.05) is 6.86 Å². The van der Waals surface area contributed by atoms with Crippen LogP contribution in [0.3, 0.4) is 0 Å². The summed E-state index contributed by atoms with van der Waals surface area (Å²) in [5, 5.41) is 0. The molecular formula is C28H28F5N5O2. The van der Waals surface area contributed by atoms with Crippen molar-refractivity contribution in [3.8, 4) is 17.3 Å². The van der Waals surface area contributed by atoms with Crippen LogP contribution in [0.2, 0.25) is 0 Å². The third-order valence-corrected chi connectivity index (χ3v) is 6.30. The van der Waals surface area contributed by atoms with Gasteiger partial charge in [-0.1, -0.05) is 12.6 Å². The largest absolute Gasteiger partial charge is 0.469 e. The third-order valence-electron chi connectivity index (χ3n) is 6.30. The van der Waals surface area contributed by atoms with E-state index in [1.165, 1.54) is 25.4 Å². The minimum atomic E-state index is -4.65. The van der Waals surface area contributed by atoms with Gasteiger partial charge < -0.3 is 14.0 Å². The average Bonchev–Trinajstić information content (AvgIpc) is 3.66. The van der Waals surface area contributed by atoms with Crippen molar-refractivity contribution in [1.29, 1.82) is 0 Å². The molecule has 0 spiro atoms. The van der Waals surface area contributed by atoms with E-state index in [9.17, 15) is 17.6 Å². The number of nitrogens with zero attached hydrogens (tertiary/aromatic N) is 5. The zero-order chi connectivity index (χ0) is 29.2. The molecular weight excluding hydrogens is 533 g/mol. The first kappa shape index (κ1) is 28.9. The van der Waals surface area contributed by atoms with Gasteiger partial charge in [-0.25, -0.2) is 18.7 Å². The van der Waals surface area contributed by atoms with Crippen LogP contribution in [0, 0.1) is 18.7 Å². The quantitative estimate of drug-likeness (QED) is 0.114. The van der Waals surface area contributed by atoms with Gasteiger partial charge in [0.25, 0.3) is 0 Å². The molecule has 0 saturated heterocycles. The summed E-state index contributed by atoms with van der Waals surface area (Å²) >= 11 is 0. The molecule has 0 aliphatic heterocycles. The predicted molar refractivity (Wildman–Crippen MR) is 139 cm³/mol. The van der Waals surface area contributed by atoms with E-state index in [0.717, 1.165) is 23.6 Å². The van der Waals surface area contributed by atoms with Crippen molar-refractivity contribution in [3.05, 3.63) is 77.1 Å². The molecule has 12 heteroatoms. The van der Waals surface area contributed by atoms with Gasteiger partial charge in [0.2, 0.25) is 12.7 Å². The van der Waals surface area contributed by atoms with Gasteiger partial charge in [0.1, 0.15) is 23.5 Å². The zero-order valence-corrected chi connectivity index (χ0v) is 22.4. The second kappa shape index (κ2) is 11.6. The number of allylic oxidation sites excluding steroid dienone is 2. The number of imidazole rings is 1. The highest BCUT2D eigenvalue weighted by atomic mass is 19.4. The third kappa shape index (κ3) is 6.21. The van der Waals surface area contributed by atoms with E-state index in [0.29, 0.717) is 22.4 Å². The van der Waals surface area contributed by atoms with E-state index in [1.54, 1.807) is 33.1 Å². The Labute approximate surface area is 228 Å². The lowest BCUT2D eigenvalue weighted by molar-refractivity contribution is -0.140. The Morgan fingerprint density at radius 2 is 2.00 bits per heavy atom. The zero-order valence-electron chi connectivity index (χ0n) is 22.4. The fraction of sp³-hybridized carbons (Fsp3) is 0.357. The summed E-state index contributed by atoms with van der Waals surface area (Å²) in [5.41, 5.74) is 0.830. The van der Waals surface area contributed by atoms with E-state index >= 15 is 4.39 Å². The SMILES string of the molecule is C=C(OCF)/C(=C(\N=CC)C1CC1)c1ncc(C)c(O[C@@H](C)c2ccc(-c3nc(C(F)(F)F)cn3C)c(F)c2)n1. The smallest absolute Gasteiger partial charge is 0.434 e. The molecule has 1 aliphatic carbocycles. The van der Waals surface area contributed by atoms with Crippen molar-refractivity contribution in [3.63, 3.8) is 0 Å². The average molecular weight is 562 g/mol. The number of aromatic nitrogens is 4. The Balaban J connectivity index is 1.64. The minimum Gasteiger partial charge on any atom is -0.469 e. The van der Waals surface area contributed by atoms with E-state index in [1.807, 2.05) is 0 Å². The summed E-state index contributed by atoms with van der Waals surface area (Å²) < 4.78 is 79.5. The molecule has 2 heterocycles.